The zero-order chi connectivity index (χ0) is 10.9. The van der Waals surface area contributed by atoms with Crippen LogP contribution in [0.4, 0.5) is 4.39 Å². The Morgan fingerprint density at radius 3 is 2.67 bits per heavy atom. The summed E-state index contributed by atoms with van der Waals surface area (Å²) in [5.74, 6) is -0.211. The molecule has 0 aliphatic rings. The molecule has 0 saturated heterocycles. The summed E-state index contributed by atoms with van der Waals surface area (Å²) in [6.07, 6.45) is 3.20. The lowest BCUT2D eigenvalue weighted by Gasteiger charge is -2.02. The van der Waals surface area contributed by atoms with E-state index < -0.39 is 0 Å². The Balaban J connectivity index is 2.09. The van der Waals surface area contributed by atoms with Crippen molar-refractivity contribution in [3.63, 3.8) is 0 Å². The van der Waals surface area contributed by atoms with Crippen LogP contribution in [0.2, 0.25) is 0 Å². The molecule has 1 N–H and O–H groups in total. The molecule has 0 heterocycles. The number of nitrogens with one attached hydrogen (secondary N) is 1. The number of carbonyl (C=O) groups excluding carboxylic acids is 1. The third kappa shape index (κ3) is 5.12. The zero-order valence-corrected chi connectivity index (χ0v) is 8.41. The molecule has 0 bridgehead atoms. The van der Waals surface area contributed by atoms with E-state index in [9.17, 15) is 9.18 Å². The van der Waals surface area contributed by atoms with Crippen molar-refractivity contribution >= 4 is 6.41 Å². The van der Waals surface area contributed by atoms with Crippen LogP contribution < -0.4 is 5.48 Å². The second-order valence-corrected chi connectivity index (χ2v) is 3.17. The summed E-state index contributed by atoms with van der Waals surface area (Å²) in [7, 11) is 0. The fourth-order valence-corrected chi connectivity index (χ4v) is 1.25. The third-order valence-electron chi connectivity index (χ3n) is 2.01. The highest BCUT2D eigenvalue weighted by Crippen LogP contribution is 2.06. The molecule has 0 atom stereocenters. The Labute approximate surface area is 88.2 Å². The Kier molecular flexibility index (Phi) is 5.40. The first-order valence-electron chi connectivity index (χ1n) is 4.88. The van der Waals surface area contributed by atoms with E-state index in [4.69, 9.17) is 4.84 Å². The molecule has 0 aromatic heterocycles. The molecule has 0 aliphatic heterocycles. The predicted octanol–water partition coefficient (Wildman–Crippen LogP) is 1.83. The number of amides is 1. The van der Waals surface area contributed by atoms with Gasteiger partial charge in [-0.05, 0) is 37.0 Å². The van der Waals surface area contributed by atoms with Gasteiger partial charge < -0.3 is 0 Å². The number of carbonyl (C=O) groups is 1. The van der Waals surface area contributed by atoms with Crippen LogP contribution in [0.1, 0.15) is 18.4 Å². The van der Waals surface area contributed by atoms with E-state index in [2.05, 4.69) is 5.48 Å². The molecule has 0 unspecified atom stereocenters. The molecule has 15 heavy (non-hydrogen) atoms. The van der Waals surface area contributed by atoms with E-state index in [1.165, 1.54) is 12.1 Å². The number of hydroxylamine groups is 1. The first-order chi connectivity index (χ1) is 7.33. The molecule has 4 heteroatoms. The summed E-state index contributed by atoms with van der Waals surface area (Å²) in [4.78, 5) is 14.6. The van der Waals surface area contributed by atoms with E-state index >= 15 is 0 Å². The maximum atomic E-state index is 12.6. The van der Waals surface area contributed by atoms with E-state index in [0.29, 0.717) is 13.0 Å². The zero-order valence-electron chi connectivity index (χ0n) is 8.41. The van der Waals surface area contributed by atoms with Crippen LogP contribution in [-0.2, 0) is 16.1 Å². The summed E-state index contributed by atoms with van der Waals surface area (Å²) in [6, 6.07) is 6.47. The van der Waals surface area contributed by atoms with Gasteiger partial charge in [0.25, 0.3) is 0 Å². The SMILES string of the molecule is O=CNOCCCCc1ccc(F)cc1. The molecule has 0 radical (unpaired) electrons. The fraction of sp³-hybridized carbons (Fsp3) is 0.364. The van der Waals surface area contributed by atoms with Gasteiger partial charge in [0.05, 0.1) is 6.61 Å². The molecule has 1 aromatic rings. The van der Waals surface area contributed by atoms with Gasteiger partial charge in [-0.25, -0.2) is 9.87 Å². The standard InChI is InChI=1S/C11H14FNO2/c12-11-6-4-10(5-7-11)3-1-2-8-15-13-9-14/h4-7,9H,1-3,8H2,(H,13,14). The predicted molar refractivity (Wildman–Crippen MR) is 54.5 cm³/mol. The lowest BCUT2D eigenvalue weighted by molar-refractivity contribution is -0.120. The van der Waals surface area contributed by atoms with Crippen LogP contribution in [0.3, 0.4) is 0 Å². The van der Waals surface area contributed by atoms with E-state index in [1.807, 2.05) is 0 Å². The molecule has 0 aliphatic carbocycles. The highest BCUT2D eigenvalue weighted by Gasteiger charge is 1.94. The van der Waals surface area contributed by atoms with E-state index in [1.54, 1.807) is 12.1 Å². The van der Waals surface area contributed by atoms with Crippen molar-refractivity contribution < 1.29 is 14.0 Å². The van der Waals surface area contributed by atoms with Crippen molar-refractivity contribution in [3.05, 3.63) is 35.6 Å². The molecule has 1 rings (SSSR count). The molecule has 1 amide bonds. The van der Waals surface area contributed by atoms with Crippen LogP contribution in [-0.4, -0.2) is 13.0 Å². The number of unbranched alkanes of at least 4 members (excludes halogenated alkanes) is 1. The molecular weight excluding hydrogens is 197 g/mol. The monoisotopic (exact) mass is 211 g/mol. The maximum absolute atomic E-state index is 12.6. The second kappa shape index (κ2) is 6.95. The van der Waals surface area contributed by atoms with Crippen molar-refractivity contribution in [2.24, 2.45) is 0 Å². The molecular formula is C11H14FNO2. The Hall–Kier alpha value is -1.42. The lowest BCUT2D eigenvalue weighted by Crippen LogP contribution is -2.12. The van der Waals surface area contributed by atoms with Crippen molar-refractivity contribution in [2.45, 2.75) is 19.3 Å². The Morgan fingerprint density at radius 2 is 2.00 bits per heavy atom. The summed E-state index contributed by atoms with van der Waals surface area (Å²) in [6.45, 7) is 0.500. The molecule has 82 valence electrons. The average molecular weight is 211 g/mol. The minimum absolute atomic E-state index is 0.211. The van der Waals surface area contributed by atoms with Gasteiger partial charge in [-0.3, -0.25) is 9.63 Å². The number of benzene rings is 1. The third-order valence-corrected chi connectivity index (χ3v) is 2.01. The smallest absolute Gasteiger partial charge is 0.230 e. The first kappa shape index (κ1) is 11.7. The average Bonchev–Trinajstić information content (AvgIpc) is 2.26. The minimum Gasteiger partial charge on any atom is -0.277 e. The van der Waals surface area contributed by atoms with Gasteiger partial charge in [0.2, 0.25) is 6.41 Å². The van der Waals surface area contributed by atoms with E-state index in [-0.39, 0.29) is 5.82 Å². The molecule has 0 spiro atoms. The molecule has 0 fully saturated rings. The van der Waals surface area contributed by atoms with Gasteiger partial charge >= 0.3 is 0 Å². The van der Waals surface area contributed by atoms with Crippen LogP contribution in [0, 0.1) is 5.82 Å². The largest absolute Gasteiger partial charge is 0.277 e. The van der Waals surface area contributed by atoms with Gasteiger partial charge in [-0.15, -0.1) is 0 Å². The van der Waals surface area contributed by atoms with Crippen LogP contribution in [0.15, 0.2) is 24.3 Å². The van der Waals surface area contributed by atoms with Crippen molar-refractivity contribution in [1.82, 2.24) is 5.48 Å². The summed E-state index contributed by atoms with van der Waals surface area (Å²) >= 11 is 0. The Bertz CT molecular complexity index is 287. The maximum Gasteiger partial charge on any atom is 0.230 e. The van der Waals surface area contributed by atoms with Crippen LogP contribution in [0.5, 0.6) is 0 Å². The summed E-state index contributed by atoms with van der Waals surface area (Å²) < 4.78 is 12.6. The minimum atomic E-state index is -0.211. The van der Waals surface area contributed by atoms with E-state index in [0.717, 1.165) is 24.8 Å². The first-order valence-corrected chi connectivity index (χ1v) is 4.88. The Morgan fingerprint density at radius 1 is 1.27 bits per heavy atom. The van der Waals surface area contributed by atoms with Gasteiger partial charge in [0.15, 0.2) is 0 Å². The highest BCUT2D eigenvalue weighted by molar-refractivity contribution is 5.43. The number of hydrogen-bond donors (Lipinski definition) is 1. The number of aryl methyl sites for hydroxylation is 1. The van der Waals surface area contributed by atoms with Gasteiger partial charge in [0, 0.05) is 0 Å². The van der Waals surface area contributed by atoms with Crippen LogP contribution >= 0.6 is 0 Å². The summed E-state index contributed by atoms with van der Waals surface area (Å²) in [5.41, 5.74) is 3.24. The van der Waals surface area contributed by atoms with Crippen molar-refractivity contribution in [1.29, 1.82) is 0 Å². The quantitative estimate of drug-likeness (QED) is 0.424. The van der Waals surface area contributed by atoms with Crippen LogP contribution in [0.25, 0.3) is 0 Å². The van der Waals surface area contributed by atoms with Crippen molar-refractivity contribution in [2.75, 3.05) is 6.61 Å². The molecule has 3 nitrogen and oxygen atoms in total. The number of halogens is 1. The lowest BCUT2D eigenvalue weighted by atomic mass is 10.1. The molecule has 0 saturated carbocycles. The second-order valence-electron chi connectivity index (χ2n) is 3.17. The number of hydrogen-bond acceptors (Lipinski definition) is 2. The van der Waals surface area contributed by atoms with Crippen molar-refractivity contribution in [3.8, 4) is 0 Å². The fourth-order valence-electron chi connectivity index (χ4n) is 1.25. The van der Waals surface area contributed by atoms with Gasteiger partial charge in [0.1, 0.15) is 5.82 Å². The normalized spacial score (nSPS) is 9.93. The molecule has 1 aromatic carbocycles. The highest BCUT2D eigenvalue weighted by atomic mass is 19.1. The number of rotatable bonds is 7. The topological polar surface area (TPSA) is 38.3 Å². The summed E-state index contributed by atoms with van der Waals surface area (Å²) in [5, 5.41) is 0. The van der Waals surface area contributed by atoms with Gasteiger partial charge in [-0.2, -0.15) is 0 Å². The van der Waals surface area contributed by atoms with Gasteiger partial charge in [-0.1, -0.05) is 12.1 Å².